The zero-order valence-corrected chi connectivity index (χ0v) is 13.0. The van der Waals surface area contributed by atoms with Crippen molar-refractivity contribution in [3.63, 3.8) is 0 Å². The monoisotopic (exact) mass is 298 g/mol. The third kappa shape index (κ3) is 5.07. The molecule has 0 fully saturated rings. The van der Waals surface area contributed by atoms with Crippen LogP contribution in [0.4, 0.5) is 4.79 Å². The van der Waals surface area contributed by atoms with Crippen LogP contribution in [0.2, 0.25) is 0 Å². The van der Waals surface area contributed by atoms with Gasteiger partial charge in [-0.25, -0.2) is 9.59 Å². The summed E-state index contributed by atoms with van der Waals surface area (Å²) in [5.41, 5.74) is 6.04. The number of rotatable bonds is 4. The summed E-state index contributed by atoms with van der Waals surface area (Å²) in [4.78, 5) is 23.2. The van der Waals surface area contributed by atoms with Crippen molar-refractivity contribution in [2.24, 2.45) is 12.8 Å². The molecule has 0 aromatic carbocycles. The fourth-order valence-corrected chi connectivity index (χ4v) is 1.65. The van der Waals surface area contributed by atoms with Crippen LogP contribution in [-0.4, -0.2) is 41.1 Å². The van der Waals surface area contributed by atoms with Crippen molar-refractivity contribution in [2.45, 2.75) is 32.4 Å². The van der Waals surface area contributed by atoms with E-state index in [1.165, 1.54) is 11.8 Å². The topological polar surface area (TPSA) is 108 Å². The number of carbonyl (C=O) groups excluding carboxylic acids is 2. The molecule has 0 aliphatic heterocycles. The zero-order chi connectivity index (χ0) is 16.2. The zero-order valence-electron chi connectivity index (χ0n) is 13.0. The minimum absolute atomic E-state index is 0.116. The number of alkyl carbamates (subject to hydrolysis) is 1. The average Bonchev–Trinajstić information content (AvgIpc) is 2.75. The van der Waals surface area contributed by atoms with Gasteiger partial charge in [0, 0.05) is 25.4 Å². The molecule has 1 atom stereocenters. The number of amides is 1. The van der Waals surface area contributed by atoms with E-state index >= 15 is 0 Å². The van der Waals surface area contributed by atoms with Gasteiger partial charge in [-0.3, -0.25) is 4.68 Å². The van der Waals surface area contributed by atoms with Crippen LogP contribution in [0.25, 0.3) is 0 Å². The average molecular weight is 298 g/mol. The fourth-order valence-electron chi connectivity index (χ4n) is 1.65. The number of nitrogens with zero attached hydrogens (tertiary/aromatic N) is 2. The van der Waals surface area contributed by atoms with E-state index in [2.05, 4.69) is 15.2 Å². The van der Waals surface area contributed by atoms with Gasteiger partial charge in [-0.15, -0.1) is 0 Å². The molecule has 3 N–H and O–H groups in total. The molecule has 0 spiro atoms. The number of methoxy groups -OCH3 is 1. The molecule has 1 aromatic heterocycles. The largest absolute Gasteiger partial charge is 0.464 e. The van der Waals surface area contributed by atoms with Crippen molar-refractivity contribution in [1.29, 1.82) is 0 Å². The van der Waals surface area contributed by atoms with Crippen molar-refractivity contribution in [3.05, 3.63) is 17.5 Å². The van der Waals surface area contributed by atoms with Crippen LogP contribution in [-0.2, 0) is 16.5 Å². The van der Waals surface area contributed by atoms with Crippen LogP contribution in [0.3, 0.4) is 0 Å². The Balaban J connectivity index is 2.70. The molecule has 8 nitrogen and oxygen atoms in total. The summed E-state index contributed by atoms with van der Waals surface area (Å²) in [6, 6.07) is -0.597. The second-order valence-electron chi connectivity index (χ2n) is 5.59. The van der Waals surface area contributed by atoms with E-state index < -0.39 is 23.7 Å². The van der Waals surface area contributed by atoms with Crippen LogP contribution in [0.15, 0.2) is 6.20 Å². The van der Waals surface area contributed by atoms with Gasteiger partial charge in [0.05, 0.1) is 13.2 Å². The Morgan fingerprint density at radius 3 is 2.62 bits per heavy atom. The Bertz CT molecular complexity index is 519. The van der Waals surface area contributed by atoms with Crippen LogP contribution in [0.5, 0.6) is 0 Å². The molecule has 118 valence electrons. The van der Waals surface area contributed by atoms with Crippen LogP contribution < -0.4 is 11.1 Å². The fraction of sp³-hybridized carbons (Fsp3) is 0.615. The molecule has 1 amide bonds. The molecule has 8 heteroatoms. The maximum Gasteiger partial charge on any atom is 0.407 e. The van der Waals surface area contributed by atoms with Crippen LogP contribution >= 0.6 is 0 Å². The quantitative estimate of drug-likeness (QED) is 0.793. The molecule has 0 saturated carbocycles. The molecule has 1 unspecified atom stereocenters. The molecule has 1 aromatic rings. The summed E-state index contributed by atoms with van der Waals surface area (Å²) in [5.74, 6) is -0.571. The number of carbonyl (C=O) groups is 2. The van der Waals surface area contributed by atoms with Crippen LogP contribution in [0.1, 0.15) is 42.9 Å². The first-order valence-electron chi connectivity index (χ1n) is 6.48. The number of aromatic nitrogens is 2. The second-order valence-corrected chi connectivity index (χ2v) is 5.59. The summed E-state index contributed by atoms with van der Waals surface area (Å²) in [5, 5.41) is 6.56. The van der Waals surface area contributed by atoms with E-state index in [1.807, 2.05) is 0 Å². The highest BCUT2D eigenvalue weighted by Gasteiger charge is 2.22. The highest BCUT2D eigenvalue weighted by atomic mass is 16.6. The van der Waals surface area contributed by atoms with Gasteiger partial charge >= 0.3 is 12.1 Å². The number of hydrogen-bond acceptors (Lipinski definition) is 6. The maximum atomic E-state index is 11.6. The summed E-state index contributed by atoms with van der Waals surface area (Å²) in [7, 11) is 2.94. The maximum absolute atomic E-state index is 11.6. The number of aryl methyl sites for hydroxylation is 1. The SMILES string of the molecule is COC(=O)c1nn(C)cc1C(N)CNC(=O)OC(C)(C)C. The van der Waals surface area contributed by atoms with Crippen LogP contribution in [0, 0.1) is 0 Å². The predicted octanol–water partition coefficient (Wildman–Crippen LogP) is 0.731. The highest BCUT2D eigenvalue weighted by Crippen LogP contribution is 2.15. The van der Waals surface area contributed by atoms with Gasteiger partial charge in [-0.05, 0) is 20.8 Å². The molecule has 0 radical (unpaired) electrons. The van der Waals surface area contributed by atoms with E-state index in [-0.39, 0.29) is 12.2 Å². The second kappa shape index (κ2) is 6.57. The van der Waals surface area contributed by atoms with E-state index in [0.717, 1.165) is 0 Å². The van der Waals surface area contributed by atoms with Crippen molar-refractivity contribution >= 4 is 12.1 Å². The number of esters is 1. The van der Waals surface area contributed by atoms with E-state index in [9.17, 15) is 9.59 Å². The third-order valence-corrected chi connectivity index (χ3v) is 2.50. The lowest BCUT2D eigenvalue weighted by molar-refractivity contribution is 0.0524. The van der Waals surface area contributed by atoms with E-state index in [4.69, 9.17) is 10.5 Å². The molecule has 0 aliphatic rings. The Morgan fingerprint density at radius 1 is 1.48 bits per heavy atom. The number of ether oxygens (including phenoxy) is 2. The Kier molecular flexibility index (Phi) is 5.31. The molecule has 0 aliphatic carbocycles. The van der Waals surface area contributed by atoms with Gasteiger partial charge in [-0.2, -0.15) is 5.10 Å². The summed E-state index contributed by atoms with van der Waals surface area (Å²) in [6.07, 6.45) is 1.05. The lowest BCUT2D eigenvalue weighted by Gasteiger charge is -2.20. The molecule has 0 bridgehead atoms. The molecule has 1 rings (SSSR count). The predicted molar refractivity (Wildman–Crippen MR) is 75.7 cm³/mol. The van der Waals surface area contributed by atoms with Crippen molar-refractivity contribution in [2.75, 3.05) is 13.7 Å². The van der Waals surface area contributed by atoms with Gasteiger partial charge in [0.2, 0.25) is 0 Å². The standard InChI is InChI=1S/C13H22N4O4/c1-13(2,3)21-12(19)15-6-9(14)8-7-17(4)16-10(8)11(18)20-5/h7,9H,6,14H2,1-5H3,(H,15,19). The lowest BCUT2D eigenvalue weighted by Crippen LogP contribution is -2.36. The summed E-state index contributed by atoms with van der Waals surface area (Å²) >= 11 is 0. The van der Waals surface area contributed by atoms with Gasteiger partial charge in [0.25, 0.3) is 0 Å². The van der Waals surface area contributed by atoms with Gasteiger partial charge in [0.1, 0.15) is 5.60 Å². The Labute approximate surface area is 123 Å². The minimum Gasteiger partial charge on any atom is -0.464 e. The van der Waals surface area contributed by atoms with Gasteiger partial charge < -0.3 is 20.5 Å². The van der Waals surface area contributed by atoms with Crippen molar-refractivity contribution in [3.8, 4) is 0 Å². The third-order valence-electron chi connectivity index (χ3n) is 2.50. The molecular weight excluding hydrogens is 276 g/mol. The first kappa shape index (κ1) is 17.0. The van der Waals surface area contributed by atoms with Gasteiger partial charge in [0.15, 0.2) is 5.69 Å². The van der Waals surface area contributed by atoms with Crippen molar-refractivity contribution in [1.82, 2.24) is 15.1 Å². The lowest BCUT2D eigenvalue weighted by atomic mass is 10.1. The molecule has 0 saturated heterocycles. The Hall–Kier alpha value is -2.09. The Morgan fingerprint density at radius 2 is 2.10 bits per heavy atom. The smallest absolute Gasteiger partial charge is 0.407 e. The summed E-state index contributed by atoms with van der Waals surface area (Å²) < 4.78 is 11.2. The number of nitrogens with one attached hydrogen (secondary N) is 1. The minimum atomic E-state index is -0.597. The first-order chi connectivity index (χ1) is 9.64. The highest BCUT2D eigenvalue weighted by molar-refractivity contribution is 5.88. The number of nitrogens with two attached hydrogens (primary N) is 1. The summed E-state index contributed by atoms with van der Waals surface area (Å²) in [6.45, 7) is 5.42. The molecule has 21 heavy (non-hydrogen) atoms. The first-order valence-corrected chi connectivity index (χ1v) is 6.48. The molecular formula is C13H22N4O4. The molecule has 1 heterocycles. The number of hydrogen-bond donors (Lipinski definition) is 2. The van der Waals surface area contributed by atoms with Crippen molar-refractivity contribution < 1.29 is 19.1 Å². The normalized spacial score (nSPS) is 12.7. The van der Waals surface area contributed by atoms with E-state index in [0.29, 0.717) is 5.56 Å². The van der Waals surface area contributed by atoms with Gasteiger partial charge in [-0.1, -0.05) is 0 Å². The van der Waals surface area contributed by atoms with E-state index in [1.54, 1.807) is 34.0 Å².